The van der Waals surface area contributed by atoms with Crippen molar-refractivity contribution >= 4 is 28.8 Å². The highest BCUT2D eigenvalue weighted by Crippen LogP contribution is 2.31. The molecule has 1 aliphatic heterocycles. The third-order valence-corrected chi connectivity index (χ3v) is 3.29. The number of carbonyl (C=O) groups is 2. The quantitative estimate of drug-likeness (QED) is 0.655. The summed E-state index contributed by atoms with van der Waals surface area (Å²) in [5.74, 6) is -0.258. The molecule has 2 heterocycles. The van der Waals surface area contributed by atoms with Crippen LogP contribution in [0.15, 0.2) is 11.4 Å². The van der Waals surface area contributed by atoms with Crippen LogP contribution >= 0.6 is 11.3 Å². The van der Waals surface area contributed by atoms with E-state index in [4.69, 9.17) is 0 Å². The maximum Gasteiger partial charge on any atom is 0.233 e. The second-order valence-corrected chi connectivity index (χ2v) is 4.33. The summed E-state index contributed by atoms with van der Waals surface area (Å²) in [6, 6.07) is 1.85. The van der Waals surface area contributed by atoms with Crippen molar-refractivity contribution in [1.29, 1.82) is 0 Å². The Kier molecular flexibility index (Phi) is 2.37. The predicted octanol–water partition coefficient (Wildman–Crippen LogP) is 1.96. The van der Waals surface area contributed by atoms with Crippen LogP contribution in [-0.4, -0.2) is 11.8 Å². The van der Waals surface area contributed by atoms with Gasteiger partial charge in [0, 0.05) is 18.2 Å². The average Bonchev–Trinajstić information content (AvgIpc) is 2.47. The Labute approximate surface area is 86.3 Å². The van der Waals surface area contributed by atoms with E-state index in [2.05, 4.69) is 0 Å². The van der Waals surface area contributed by atoms with E-state index in [1.165, 1.54) is 11.8 Å². The number of nitrogens with zero attached hydrogens (tertiary/aromatic N) is 1. The fraction of sp³-hybridized carbons (Fsp3) is 0.400. The van der Waals surface area contributed by atoms with E-state index in [1.54, 1.807) is 11.3 Å². The summed E-state index contributed by atoms with van der Waals surface area (Å²) in [6.45, 7) is 1.44. The van der Waals surface area contributed by atoms with Gasteiger partial charge in [-0.05, 0) is 24.3 Å². The minimum Gasteiger partial charge on any atom is -0.274 e. The van der Waals surface area contributed by atoms with Gasteiger partial charge in [-0.2, -0.15) is 0 Å². The van der Waals surface area contributed by atoms with Gasteiger partial charge in [0.05, 0.1) is 5.69 Å². The van der Waals surface area contributed by atoms with Crippen LogP contribution in [0, 0.1) is 0 Å². The lowest BCUT2D eigenvalue weighted by Gasteiger charge is -2.16. The van der Waals surface area contributed by atoms with Crippen molar-refractivity contribution in [2.75, 3.05) is 4.90 Å². The molecule has 1 aromatic heterocycles. The number of hydrogen-bond donors (Lipinski definition) is 0. The van der Waals surface area contributed by atoms with Gasteiger partial charge in [-0.3, -0.25) is 9.59 Å². The second-order valence-electron chi connectivity index (χ2n) is 3.33. The normalized spacial score (nSPS) is 16.4. The van der Waals surface area contributed by atoms with Gasteiger partial charge >= 0.3 is 0 Å². The van der Waals surface area contributed by atoms with Gasteiger partial charge in [0.2, 0.25) is 11.8 Å². The molecule has 0 bridgehead atoms. The van der Waals surface area contributed by atoms with E-state index in [0.717, 1.165) is 23.4 Å². The van der Waals surface area contributed by atoms with Crippen LogP contribution < -0.4 is 4.90 Å². The lowest BCUT2D eigenvalue weighted by molar-refractivity contribution is -0.125. The summed E-state index contributed by atoms with van der Waals surface area (Å²) in [6.07, 6.45) is 2.22. The zero-order chi connectivity index (χ0) is 10.1. The molecule has 2 amide bonds. The Balaban J connectivity index is 2.47. The van der Waals surface area contributed by atoms with E-state index < -0.39 is 0 Å². The number of hydrogen-bond acceptors (Lipinski definition) is 3. The summed E-state index contributed by atoms with van der Waals surface area (Å²) >= 11 is 1.62. The highest BCUT2D eigenvalue weighted by molar-refractivity contribution is 7.10. The van der Waals surface area contributed by atoms with Crippen LogP contribution in [0.5, 0.6) is 0 Å². The molecule has 3 nitrogen and oxygen atoms in total. The molecule has 0 fully saturated rings. The molecular formula is C10H11NO2S. The molecule has 0 radical (unpaired) electrons. The molecule has 0 saturated carbocycles. The van der Waals surface area contributed by atoms with Gasteiger partial charge in [-0.15, -0.1) is 11.3 Å². The molecule has 0 unspecified atom stereocenters. The number of imide groups is 1. The van der Waals surface area contributed by atoms with Crippen molar-refractivity contribution in [1.82, 2.24) is 0 Å². The first kappa shape index (κ1) is 9.40. The summed E-state index contributed by atoms with van der Waals surface area (Å²) in [5, 5.41) is 1.93. The van der Waals surface area contributed by atoms with Gasteiger partial charge in [-0.1, -0.05) is 0 Å². The molecule has 2 rings (SSSR count). The molecule has 0 spiro atoms. The largest absolute Gasteiger partial charge is 0.274 e. The molecule has 1 aromatic rings. The van der Waals surface area contributed by atoms with Crippen LogP contribution in [-0.2, 0) is 16.0 Å². The Morgan fingerprint density at radius 3 is 3.00 bits per heavy atom. The number of aryl methyl sites for hydroxylation is 1. The molecule has 0 N–H and O–H groups in total. The highest BCUT2D eigenvalue weighted by atomic mass is 32.1. The maximum atomic E-state index is 11.6. The first-order valence-electron chi connectivity index (χ1n) is 4.60. The fourth-order valence-electron chi connectivity index (χ4n) is 1.71. The van der Waals surface area contributed by atoms with Crippen LogP contribution in [0.1, 0.15) is 24.6 Å². The topological polar surface area (TPSA) is 37.4 Å². The van der Waals surface area contributed by atoms with Gasteiger partial charge in [0.1, 0.15) is 0 Å². The Morgan fingerprint density at radius 2 is 2.29 bits per heavy atom. The lowest BCUT2D eigenvalue weighted by atomic mass is 10.2. The van der Waals surface area contributed by atoms with Gasteiger partial charge < -0.3 is 0 Å². The maximum absolute atomic E-state index is 11.6. The summed E-state index contributed by atoms with van der Waals surface area (Å²) < 4.78 is 0. The summed E-state index contributed by atoms with van der Waals surface area (Å²) in [5.41, 5.74) is 0.796. The minimum absolute atomic E-state index is 0.0744. The van der Waals surface area contributed by atoms with Gasteiger partial charge in [-0.25, -0.2) is 4.90 Å². The highest BCUT2D eigenvalue weighted by Gasteiger charge is 2.25. The van der Waals surface area contributed by atoms with E-state index in [9.17, 15) is 9.59 Å². The number of thiophene rings is 1. The molecule has 0 saturated heterocycles. The smallest absolute Gasteiger partial charge is 0.233 e. The molecule has 14 heavy (non-hydrogen) atoms. The molecule has 0 aromatic carbocycles. The van der Waals surface area contributed by atoms with E-state index in [0.29, 0.717) is 6.42 Å². The molecule has 1 aliphatic rings. The van der Waals surface area contributed by atoms with Crippen molar-refractivity contribution in [3.8, 4) is 0 Å². The monoisotopic (exact) mass is 209 g/mol. The number of rotatable bonds is 0. The number of amides is 2. The SMILES string of the molecule is CC(=O)N1C(=O)CCCc2sccc21. The van der Waals surface area contributed by atoms with Gasteiger partial charge in [0.25, 0.3) is 0 Å². The Bertz CT molecular complexity index is 383. The van der Waals surface area contributed by atoms with E-state index in [1.807, 2.05) is 11.4 Å². The summed E-state index contributed by atoms with van der Waals surface area (Å²) in [7, 11) is 0. The van der Waals surface area contributed by atoms with E-state index >= 15 is 0 Å². The zero-order valence-electron chi connectivity index (χ0n) is 7.95. The molecular weight excluding hydrogens is 198 g/mol. The molecule has 0 atom stereocenters. The predicted molar refractivity (Wildman–Crippen MR) is 55.4 cm³/mol. The first-order chi connectivity index (χ1) is 6.70. The third-order valence-electron chi connectivity index (χ3n) is 2.32. The minimum atomic E-state index is -0.184. The second kappa shape index (κ2) is 3.53. The Morgan fingerprint density at radius 1 is 1.50 bits per heavy atom. The van der Waals surface area contributed by atoms with Crippen LogP contribution in [0.4, 0.5) is 5.69 Å². The molecule has 0 aliphatic carbocycles. The van der Waals surface area contributed by atoms with Crippen molar-refractivity contribution in [2.45, 2.75) is 26.2 Å². The van der Waals surface area contributed by atoms with Crippen LogP contribution in [0.2, 0.25) is 0 Å². The fourth-order valence-corrected chi connectivity index (χ4v) is 2.62. The van der Waals surface area contributed by atoms with Crippen LogP contribution in [0.25, 0.3) is 0 Å². The first-order valence-corrected chi connectivity index (χ1v) is 5.48. The molecule has 74 valence electrons. The third kappa shape index (κ3) is 1.46. The van der Waals surface area contributed by atoms with Crippen molar-refractivity contribution in [2.24, 2.45) is 0 Å². The number of fused-ring (bicyclic) bond motifs is 1. The number of anilines is 1. The van der Waals surface area contributed by atoms with Gasteiger partial charge in [0.15, 0.2) is 0 Å². The van der Waals surface area contributed by atoms with Crippen molar-refractivity contribution < 1.29 is 9.59 Å². The zero-order valence-corrected chi connectivity index (χ0v) is 8.76. The Hall–Kier alpha value is -1.16. The van der Waals surface area contributed by atoms with Crippen molar-refractivity contribution in [3.05, 3.63) is 16.3 Å². The lowest BCUT2D eigenvalue weighted by Crippen LogP contribution is -2.34. The number of carbonyl (C=O) groups excluding carboxylic acids is 2. The van der Waals surface area contributed by atoms with Crippen molar-refractivity contribution in [3.63, 3.8) is 0 Å². The molecule has 4 heteroatoms. The standard InChI is InChI=1S/C10H11NO2S/c1-7(12)11-8-5-6-14-9(8)3-2-4-10(11)13/h5-6H,2-4H2,1H3. The van der Waals surface area contributed by atoms with Crippen LogP contribution in [0.3, 0.4) is 0 Å². The average molecular weight is 209 g/mol. The summed E-state index contributed by atoms with van der Waals surface area (Å²) in [4.78, 5) is 25.4. The van der Waals surface area contributed by atoms with E-state index in [-0.39, 0.29) is 11.8 Å².